The van der Waals surface area contributed by atoms with Gasteiger partial charge in [-0.05, 0) is 42.0 Å². The molecule has 8 nitrogen and oxygen atoms in total. The molecule has 1 fully saturated rings. The number of piperazine rings is 1. The van der Waals surface area contributed by atoms with Gasteiger partial charge in [0.2, 0.25) is 10.0 Å². The SMILES string of the molecule is COc1ccc(S(=O)(=O)N2CCN(c3nc(Cc4ccc(F)c(F)c4)no3)CC2)cc1. The second kappa shape index (κ2) is 8.60. The number of methoxy groups -OCH3 is 1. The smallest absolute Gasteiger partial charge is 0.324 e. The Balaban J connectivity index is 1.39. The zero-order valence-electron chi connectivity index (χ0n) is 16.7. The molecule has 0 radical (unpaired) electrons. The molecule has 3 aromatic rings. The number of anilines is 1. The average Bonchev–Trinajstić information content (AvgIpc) is 3.25. The van der Waals surface area contributed by atoms with Crippen molar-refractivity contribution < 1.29 is 26.5 Å². The Morgan fingerprint density at radius 1 is 1.03 bits per heavy atom. The summed E-state index contributed by atoms with van der Waals surface area (Å²) in [6.45, 7) is 1.27. The van der Waals surface area contributed by atoms with Crippen molar-refractivity contribution in [2.75, 3.05) is 38.2 Å². The van der Waals surface area contributed by atoms with Crippen LogP contribution in [0.5, 0.6) is 5.75 Å². The van der Waals surface area contributed by atoms with Gasteiger partial charge in [0, 0.05) is 32.6 Å². The number of ether oxygens (including phenoxy) is 1. The highest BCUT2D eigenvalue weighted by atomic mass is 32.2. The van der Waals surface area contributed by atoms with Crippen molar-refractivity contribution in [3.8, 4) is 5.75 Å². The van der Waals surface area contributed by atoms with Crippen LogP contribution in [0.2, 0.25) is 0 Å². The van der Waals surface area contributed by atoms with Gasteiger partial charge < -0.3 is 14.2 Å². The Kier molecular flexibility index (Phi) is 5.88. The summed E-state index contributed by atoms with van der Waals surface area (Å²) in [6.07, 6.45) is 0.187. The monoisotopic (exact) mass is 450 g/mol. The molecule has 164 valence electrons. The van der Waals surface area contributed by atoms with Gasteiger partial charge in [-0.15, -0.1) is 0 Å². The van der Waals surface area contributed by atoms with Gasteiger partial charge in [-0.3, -0.25) is 0 Å². The molecule has 1 aromatic heterocycles. The van der Waals surface area contributed by atoms with Gasteiger partial charge in [-0.25, -0.2) is 17.2 Å². The average molecular weight is 450 g/mol. The quantitative estimate of drug-likeness (QED) is 0.570. The van der Waals surface area contributed by atoms with Crippen molar-refractivity contribution in [1.29, 1.82) is 0 Å². The second-order valence-corrected chi connectivity index (χ2v) is 8.92. The third-order valence-electron chi connectivity index (χ3n) is 5.01. The molecule has 0 N–H and O–H groups in total. The summed E-state index contributed by atoms with van der Waals surface area (Å²) in [5.74, 6) is -0.941. The maximum Gasteiger partial charge on any atom is 0.324 e. The van der Waals surface area contributed by atoms with Crippen molar-refractivity contribution >= 4 is 16.0 Å². The summed E-state index contributed by atoms with van der Waals surface area (Å²) in [6, 6.07) is 10.1. The Hall–Kier alpha value is -3.05. The molecule has 0 unspecified atom stereocenters. The molecule has 0 amide bonds. The zero-order chi connectivity index (χ0) is 22.0. The van der Waals surface area contributed by atoms with E-state index in [1.165, 1.54) is 29.6 Å². The number of benzene rings is 2. The van der Waals surface area contributed by atoms with Crippen LogP contribution in [0, 0.1) is 11.6 Å². The van der Waals surface area contributed by atoms with Crippen LogP contribution in [0.3, 0.4) is 0 Å². The van der Waals surface area contributed by atoms with E-state index in [0.29, 0.717) is 30.2 Å². The van der Waals surface area contributed by atoms with Gasteiger partial charge in [-0.2, -0.15) is 9.29 Å². The van der Waals surface area contributed by atoms with E-state index in [-0.39, 0.29) is 30.4 Å². The van der Waals surface area contributed by atoms with E-state index in [4.69, 9.17) is 9.26 Å². The van der Waals surface area contributed by atoms with Gasteiger partial charge in [0.05, 0.1) is 12.0 Å². The molecule has 0 spiro atoms. The zero-order valence-corrected chi connectivity index (χ0v) is 17.5. The first-order valence-electron chi connectivity index (χ1n) is 9.52. The van der Waals surface area contributed by atoms with Crippen LogP contribution in [0.4, 0.5) is 14.8 Å². The minimum atomic E-state index is -3.62. The predicted octanol–water partition coefficient (Wildman–Crippen LogP) is 2.46. The lowest BCUT2D eigenvalue weighted by molar-refractivity contribution is 0.353. The standard InChI is InChI=1S/C20H20F2N4O4S/c1-29-15-3-5-16(6-4-15)31(27,28)26-10-8-25(9-11-26)20-23-19(24-30-20)13-14-2-7-17(21)18(22)12-14/h2-7,12H,8-11,13H2,1H3. The number of halogens is 2. The molecular weight excluding hydrogens is 430 g/mol. The summed E-state index contributed by atoms with van der Waals surface area (Å²) < 4.78 is 63.9. The molecular formula is C20H20F2N4O4S. The molecule has 0 aliphatic carbocycles. The van der Waals surface area contributed by atoms with Crippen molar-refractivity contribution in [3.05, 3.63) is 65.5 Å². The Morgan fingerprint density at radius 3 is 2.39 bits per heavy atom. The lowest BCUT2D eigenvalue weighted by Gasteiger charge is -2.32. The molecule has 0 atom stereocenters. The molecule has 1 saturated heterocycles. The first-order chi connectivity index (χ1) is 14.9. The summed E-state index contributed by atoms with van der Waals surface area (Å²) in [5, 5.41) is 3.88. The van der Waals surface area contributed by atoms with Crippen LogP contribution < -0.4 is 9.64 Å². The minimum Gasteiger partial charge on any atom is -0.497 e. The Labute approximate surface area is 178 Å². The van der Waals surface area contributed by atoms with Gasteiger partial charge in [0.25, 0.3) is 0 Å². The fourth-order valence-corrected chi connectivity index (χ4v) is 4.72. The van der Waals surface area contributed by atoms with Gasteiger partial charge in [0.1, 0.15) is 5.75 Å². The maximum absolute atomic E-state index is 13.4. The van der Waals surface area contributed by atoms with Gasteiger partial charge in [0.15, 0.2) is 17.5 Å². The lowest BCUT2D eigenvalue weighted by Crippen LogP contribution is -2.48. The molecule has 11 heteroatoms. The van der Waals surface area contributed by atoms with E-state index in [9.17, 15) is 17.2 Å². The van der Waals surface area contributed by atoms with Crippen LogP contribution in [-0.2, 0) is 16.4 Å². The Morgan fingerprint density at radius 2 is 1.74 bits per heavy atom. The third-order valence-corrected chi connectivity index (χ3v) is 6.92. The van der Waals surface area contributed by atoms with Gasteiger partial charge >= 0.3 is 6.01 Å². The van der Waals surface area contributed by atoms with E-state index >= 15 is 0 Å². The first-order valence-corrected chi connectivity index (χ1v) is 11.0. The fourth-order valence-electron chi connectivity index (χ4n) is 3.29. The highest BCUT2D eigenvalue weighted by Crippen LogP contribution is 2.22. The topological polar surface area (TPSA) is 88.8 Å². The van der Waals surface area contributed by atoms with Crippen LogP contribution in [0.15, 0.2) is 51.9 Å². The molecule has 1 aliphatic heterocycles. The highest BCUT2D eigenvalue weighted by Gasteiger charge is 2.30. The van der Waals surface area contributed by atoms with E-state index in [2.05, 4.69) is 10.1 Å². The third kappa shape index (κ3) is 4.52. The summed E-state index contributed by atoms with van der Waals surface area (Å²) >= 11 is 0. The Bertz CT molecular complexity index is 1160. The van der Waals surface area contributed by atoms with Crippen molar-refractivity contribution in [1.82, 2.24) is 14.4 Å². The molecule has 2 heterocycles. The number of rotatable bonds is 6. The summed E-state index contributed by atoms with van der Waals surface area (Å²) in [4.78, 5) is 6.29. The molecule has 2 aromatic carbocycles. The van der Waals surface area contributed by atoms with Crippen LogP contribution >= 0.6 is 0 Å². The number of hydrogen-bond acceptors (Lipinski definition) is 7. The predicted molar refractivity (Wildman–Crippen MR) is 107 cm³/mol. The largest absolute Gasteiger partial charge is 0.497 e. The molecule has 0 saturated carbocycles. The summed E-state index contributed by atoms with van der Waals surface area (Å²) in [7, 11) is -2.10. The van der Waals surface area contributed by atoms with E-state index in [1.807, 2.05) is 0 Å². The minimum absolute atomic E-state index is 0.187. The van der Waals surface area contributed by atoms with Crippen LogP contribution in [0.1, 0.15) is 11.4 Å². The van der Waals surface area contributed by atoms with Crippen molar-refractivity contribution in [2.24, 2.45) is 0 Å². The summed E-state index contributed by atoms with van der Waals surface area (Å²) in [5.41, 5.74) is 0.515. The lowest BCUT2D eigenvalue weighted by atomic mass is 10.1. The number of hydrogen-bond donors (Lipinski definition) is 0. The van der Waals surface area contributed by atoms with Crippen molar-refractivity contribution in [2.45, 2.75) is 11.3 Å². The first kappa shape index (κ1) is 21.2. The van der Waals surface area contributed by atoms with E-state index in [0.717, 1.165) is 12.1 Å². The van der Waals surface area contributed by atoms with E-state index < -0.39 is 21.7 Å². The highest BCUT2D eigenvalue weighted by molar-refractivity contribution is 7.89. The number of sulfonamides is 1. The molecule has 0 bridgehead atoms. The number of nitrogens with zero attached hydrogens (tertiary/aromatic N) is 4. The normalized spacial score (nSPS) is 15.3. The molecule has 1 aliphatic rings. The maximum atomic E-state index is 13.4. The number of aromatic nitrogens is 2. The van der Waals surface area contributed by atoms with Gasteiger partial charge in [-0.1, -0.05) is 11.2 Å². The van der Waals surface area contributed by atoms with Crippen LogP contribution in [0.25, 0.3) is 0 Å². The molecule has 4 rings (SSSR count). The fraction of sp³-hybridized carbons (Fsp3) is 0.300. The van der Waals surface area contributed by atoms with Crippen LogP contribution in [-0.4, -0.2) is 56.2 Å². The molecule has 31 heavy (non-hydrogen) atoms. The van der Waals surface area contributed by atoms with Crippen molar-refractivity contribution in [3.63, 3.8) is 0 Å². The van der Waals surface area contributed by atoms with E-state index in [1.54, 1.807) is 17.0 Å². The second-order valence-electron chi connectivity index (χ2n) is 6.99.